The van der Waals surface area contributed by atoms with E-state index in [1.165, 1.54) is 6.07 Å². The van der Waals surface area contributed by atoms with Crippen LogP contribution in [0, 0.1) is 0 Å². The highest BCUT2D eigenvalue weighted by Crippen LogP contribution is 2.17. The van der Waals surface area contributed by atoms with E-state index >= 15 is 0 Å². The number of carbonyl (C=O) groups is 2. The van der Waals surface area contributed by atoms with Crippen LogP contribution < -0.4 is 0 Å². The molecule has 78 valence electrons. The number of hydrogen-bond donors (Lipinski definition) is 2. The molecule has 1 rings (SSSR count). The number of carboxylic acids is 1. The molecule has 1 aromatic rings. The number of aliphatic hydroxyl groups is 1. The Morgan fingerprint density at radius 3 is 2.33 bits per heavy atom. The van der Waals surface area contributed by atoms with Crippen molar-refractivity contribution in [3.8, 4) is 0 Å². The average molecular weight is 271 g/mol. The maximum Gasteiger partial charge on any atom is 0.371 e. The first-order valence-corrected chi connectivity index (χ1v) is 4.74. The smallest absolute Gasteiger partial charge is 0.371 e. The molecule has 0 aliphatic carbocycles. The van der Waals surface area contributed by atoms with Crippen molar-refractivity contribution in [3.63, 3.8) is 0 Å². The molecule has 0 aliphatic heterocycles. The van der Waals surface area contributed by atoms with E-state index in [2.05, 4.69) is 15.9 Å². The van der Waals surface area contributed by atoms with Crippen LogP contribution in [-0.2, 0) is 4.79 Å². The summed E-state index contributed by atoms with van der Waals surface area (Å²) < 4.78 is 0.546. The van der Waals surface area contributed by atoms with Gasteiger partial charge >= 0.3 is 5.97 Å². The number of allylic oxidation sites excluding steroid dienone is 1. The zero-order valence-electron chi connectivity index (χ0n) is 7.48. The summed E-state index contributed by atoms with van der Waals surface area (Å²) in [5.74, 6) is -3.08. The van der Waals surface area contributed by atoms with Gasteiger partial charge in [0.05, 0.1) is 0 Å². The number of aliphatic carboxylic acids is 1. The van der Waals surface area contributed by atoms with E-state index in [9.17, 15) is 9.59 Å². The summed E-state index contributed by atoms with van der Waals surface area (Å²) in [4.78, 5) is 21.7. The van der Waals surface area contributed by atoms with Gasteiger partial charge in [0.15, 0.2) is 5.78 Å². The molecule has 2 N–H and O–H groups in total. The minimum absolute atomic E-state index is 0.297. The molecule has 0 fully saturated rings. The summed E-state index contributed by atoms with van der Waals surface area (Å²) in [6.07, 6.45) is 0.669. The Balaban J connectivity index is 3.02. The topological polar surface area (TPSA) is 74.6 Å². The Bertz CT molecular complexity index is 437. The van der Waals surface area contributed by atoms with Gasteiger partial charge in [0.25, 0.3) is 0 Å². The quantitative estimate of drug-likeness (QED) is 0.502. The third-order valence-electron chi connectivity index (χ3n) is 1.63. The zero-order chi connectivity index (χ0) is 11.4. The van der Waals surface area contributed by atoms with Crippen LogP contribution in [0.1, 0.15) is 10.4 Å². The van der Waals surface area contributed by atoms with Crippen molar-refractivity contribution >= 4 is 27.7 Å². The molecule has 0 heterocycles. The third-order valence-corrected chi connectivity index (χ3v) is 2.32. The second kappa shape index (κ2) is 4.75. The fraction of sp³-hybridized carbons (Fsp3) is 0. The van der Waals surface area contributed by atoms with Crippen molar-refractivity contribution in [2.45, 2.75) is 0 Å². The molecule has 0 atom stereocenters. The fourth-order valence-corrected chi connectivity index (χ4v) is 1.40. The van der Waals surface area contributed by atoms with Crippen molar-refractivity contribution < 1.29 is 19.8 Å². The van der Waals surface area contributed by atoms with Gasteiger partial charge in [-0.3, -0.25) is 4.79 Å². The Labute approximate surface area is 94.0 Å². The Hall–Kier alpha value is -1.62. The number of aliphatic hydroxyl groups excluding tert-OH is 1. The van der Waals surface area contributed by atoms with Crippen LogP contribution in [0.4, 0.5) is 0 Å². The van der Waals surface area contributed by atoms with E-state index in [0.29, 0.717) is 16.1 Å². The number of halogens is 1. The molecule has 4 nitrogen and oxygen atoms in total. The van der Waals surface area contributed by atoms with Crippen LogP contribution in [-0.4, -0.2) is 22.0 Å². The molecule has 0 unspecified atom stereocenters. The fourth-order valence-electron chi connectivity index (χ4n) is 0.925. The van der Waals surface area contributed by atoms with E-state index < -0.39 is 17.5 Å². The maximum atomic E-state index is 11.5. The summed E-state index contributed by atoms with van der Waals surface area (Å²) in [5.41, 5.74) is 0.297. The first-order valence-electron chi connectivity index (χ1n) is 3.95. The van der Waals surface area contributed by atoms with Crippen molar-refractivity contribution in [1.29, 1.82) is 0 Å². The van der Waals surface area contributed by atoms with Gasteiger partial charge in [-0.25, -0.2) is 4.79 Å². The number of rotatable bonds is 3. The monoisotopic (exact) mass is 270 g/mol. The Morgan fingerprint density at radius 2 is 1.80 bits per heavy atom. The van der Waals surface area contributed by atoms with Gasteiger partial charge in [-0.1, -0.05) is 28.1 Å². The molecule has 0 aromatic heterocycles. The maximum absolute atomic E-state index is 11.5. The lowest BCUT2D eigenvalue weighted by atomic mass is 10.1. The van der Waals surface area contributed by atoms with Gasteiger partial charge in [-0.05, 0) is 12.1 Å². The average Bonchev–Trinajstić information content (AvgIpc) is 2.18. The van der Waals surface area contributed by atoms with Crippen molar-refractivity contribution in [2.24, 2.45) is 0 Å². The lowest BCUT2D eigenvalue weighted by Crippen LogP contribution is -2.04. The van der Waals surface area contributed by atoms with Gasteiger partial charge in [-0.2, -0.15) is 0 Å². The Kier molecular flexibility index (Phi) is 3.62. The molecule has 0 saturated carbocycles. The van der Waals surface area contributed by atoms with E-state index in [-0.39, 0.29) is 0 Å². The van der Waals surface area contributed by atoms with E-state index in [4.69, 9.17) is 10.2 Å². The van der Waals surface area contributed by atoms with E-state index in [1.807, 2.05) is 0 Å². The lowest BCUT2D eigenvalue weighted by Gasteiger charge is -1.98. The molecule has 5 heteroatoms. The van der Waals surface area contributed by atoms with Crippen molar-refractivity contribution in [1.82, 2.24) is 0 Å². The number of benzene rings is 1. The molecule has 0 radical (unpaired) electrons. The van der Waals surface area contributed by atoms with Crippen molar-refractivity contribution in [2.75, 3.05) is 0 Å². The second-order valence-corrected chi connectivity index (χ2v) is 3.53. The predicted octanol–water partition coefficient (Wildman–Crippen LogP) is 2.16. The van der Waals surface area contributed by atoms with Crippen LogP contribution in [0.3, 0.4) is 0 Å². The summed E-state index contributed by atoms with van der Waals surface area (Å²) >= 11 is 3.14. The van der Waals surface area contributed by atoms with Crippen LogP contribution >= 0.6 is 15.9 Å². The minimum Gasteiger partial charge on any atom is -0.502 e. The largest absolute Gasteiger partial charge is 0.502 e. The van der Waals surface area contributed by atoms with Crippen LogP contribution in [0.5, 0.6) is 0 Å². The summed E-state index contributed by atoms with van der Waals surface area (Å²) in [6, 6.07) is 6.54. The third kappa shape index (κ3) is 2.92. The Morgan fingerprint density at radius 1 is 1.20 bits per heavy atom. The highest BCUT2D eigenvalue weighted by Gasteiger charge is 2.11. The number of carbonyl (C=O) groups excluding carboxylic acids is 1. The van der Waals surface area contributed by atoms with Crippen LogP contribution in [0.25, 0.3) is 0 Å². The van der Waals surface area contributed by atoms with E-state index in [1.54, 1.807) is 18.2 Å². The lowest BCUT2D eigenvalue weighted by molar-refractivity contribution is -0.135. The predicted molar refractivity (Wildman–Crippen MR) is 56.8 cm³/mol. The summed E-state index contributed by atoms with van der Waals surface area (Å²) in [7, 11) is 0. The molecule has 0 saturated heterocycles. The van der Waals surface area contributed by atoms with Crippen LogP contribution in [0.2, 0.25) is 0 Å². The highest BCUT2D eigenvalue weighted by atomic mass is 79.9. The molecule has 0 bridgehead atoms. The molecule has 1 aromatic carbocycles. The first-order chi connectivity index (χ1) is 7.02. The number of ketones is 1. The normalized spacial score (nSPS) is 11.1. The van der Waals surface area contributed by atoms with Gasteiger partial charge in [-0.15, -0.1) is 0 Å². The van der Waals surface area contributed by atoms with Gasteiger partial charge < -0.3 is 10.2 Å². The number of hydrogen-bond acceptors (Lipinski definition) is 3. The summed E-state index contributed by atoms with van der Waals surface area (Å²) in [5, 5.41) is 17.2. The van der Waals surface area contributed by atoms with Gasteiger partial charge in [0.1, 0.15) is 0 Å². The van der Waals surface area contributed by atoms with Gasteiger partial charge in [0.2, 0.25) is 5.76 Å². The summed E-state index contributed by atoms with van der Waals surface area (Å²) in [6.45, 7) is 0. The standard InChI is InChI=1S/C10H7BrO4/c11-7-4-2-1-3-6(7)8(12)5-9(13)10(14)15/h1-5,13H,(H,14,15)/b9-5+. The highest BCUT2D eigenvalue weighted by molar-refractivity contribution is 9.10. The van der Waals surface area contributed by atoms with Gasteiger partial charge in [0, 0.05) is 16.1 Å². The second-order valence-electron chi connectivity index (χ2n) is 2.68. The van der Waals surface area contributed by atoms with E-state index in [0.717, 1.165) is 0 Å². The minimum atomic E-state index is -1.53. The number of carboxylic acid groups (broad SMARTS) is 1. The van der Waals surface area contributed by atoms with Crippen LogP contribution in [0.15, 0.2) is 40.6 Å². The SMILES string of the molecule is O=C(O)/C(O)=C\C(=O)c1ccccc1Br. The molecular weight excluding hydrogens is 264 g/mol. The molecule has 15 heavy (non-hydrogen) atoms. The molecule has 0 amide bonds. The molecule has 0 aliphatic rings. The van der Waals surface area contributed by atoms with Crippen molar-refractivity contribution in [3.05, 3.63) is 46.1 Å². The molecule has 0 spiro atoms. The first kappa shape index (κ1) is 11.5. The zero-order valence-corrected chi connectivity index (χ0v) is 9.06. The molecular formula is C10H7BrO4.